The van der Waals surface area contributed by atoms with E-state index in [0.717, 1.165) is 17.3 Å². The minimum atomic E-state index is -1.15. The highest BCUT2D eigenvalue weighted by molar-refractivity contribution is 7.99. The monoisotopic (exact) mass is 308 g/mol. The fourth-order valence-electron chi connectivity index (χ4n) is 1.21. The Bertz CT molecular complexity index is 464. The van der Waals surface area contributed by atoms with E-state index in [1.807, 2.05) is 0 Å². The van der Waals surface area contributed by atoms with Crippen LogP contribution in [0.4, 0.5) is 0 Å². The van der Waals surface area contributed by atoms with Gasteiger partial charge in [-0.2, -0.15) is 0 Å². The molecule has 0 saturated heterocycles. The molecule has 0 saturated carbocycles. The van der Waals surface area contributed by atoms with Gasteiger partial charge >= 0.3 is 11.9 Å². The van der Waals surface area contributed by atoms with Gasteiger partial charge in [-0.25, -0.2) is 0 Å². The van der Waals surface area contributed by atoms with E-state index in [1.165, 1.54) is 0 Å². The predicted octanol–water partition coefficient (Wildman–Crippen LogP) is 3.15. The summed E-state index contributed by atoms with van der Waals surface area (Å²) in [5.41, 5.74) is 0.725. The Morgan fingerprint density at radius 3 is 2.44 bits per heavy atom. The van der Waals surface area contributed by atoms with Gasteiger partial charge in [-0.3, -0.25) is 9.59 Å². The first-order chi connectivity index (χ1) is 8.40. The van der Waals surface area contributed by atoms with Crippen molar-refractivity contribution in [3.8, 4) is 0 Å². The number of aliphatic carboxylic acids is 2. The van der Waals surface area contributed by atoms with E-state index in [1.54, 1.807) is 18.2 Å². The van der Waals surface area contributed by atoms with Crippen molar-refractivity contribution in [3.05, 3.63) is 33.8 Å². The van der Waals surface area contributed by atoms with Gasteiger partial charge in [0.25, 0.3) is 0 Å². The van der Waals surface area contributed by atoms with Crippen LogP contribution in [0.3, 0.4) is 0 Å². The fraction of sp³-hybridized carbons (Fsp3) is 0.273. The second-order valence-corrected chi connectivity index (χ2v) is 5.51. The minimum Gasteiger partial charge on any atom is -0.481 e. The number of carbonyl (C=O) groups is 2. The Hall–Kier alpha value is -0.910. The lowest BCUT2D eigenvalue weighted by atomic mass is 10.2. The third-order valence-electron chi connectivity index (χ3n) is 2.09. The number of benzene rings is 1. The summed E-state index contributed by atoms with van der Waals surface area (Å²) in [6.07, 6.45) is -0.425. The molecular weight excluding hydrogens is 299 g/mol. The van der Waals surface area contributed by atoms with Crippen molar-refractivity contribution in [1.82, 2.24) is 0 Å². The largest absolute Gasteiger partial charge is 0.481 e. The summed E-state index contributed by atoms with van der Waals surface area (Å²) in [5, 5.41) is 17.4. The average Bonchev–Trinajstić information content (AvgIpc) is 2.25. The molecule has 1 atom stereocenters. The van der Waals surface area contributed by atoms with E-state index in [2.05, 4.69) is 0 Å². The highest BCUT2D eigenvalue weighted by Gasteiger charge is 2.21. The van der Waals surface area contributed by atoms with Crippen LogP contribution in [0.5, 0.6) is 0 Å². The van der Waals surface area contributed by atoms with Gasteiger partial charge < -0.3 is 10.2 Å². The third kappa shape index (κ3) is 4.76. The maximum Gasteiger partial charge on any atom is 0.317 e. The first-order valence-electron chi connectivity index (χ1n) is 4.90. The van der Waals surface area contributed by atoms with E-state index >= 15 is 0 Å². The topological polar surface area (TPSA) is 74.6 Å². The summed E-state index contributed by atoms with van der Waals surface area (Å²) in [6, 6.07) is 4.90. The van der Waals surface area contributed by atoms with E-state index < -0.39 is 23.6 Å². The number of carboxylic acids is 2. The highest BCUT2D eigenvalue weighted by atomic mass is 35.5. The van der Waals surface area contributed by atoms with Crippen molar-refractivity contribution in [2.24, 2.45) is 0 Å². The van der Waals surface area contributed by atoms with Gasteiger partial charge in [-0.15, -0.1) is 11.8 Å². The standard InChI is InChI=1S/C11H10Cl2O4S/c12-7-2-1-6(8(13)3-7)5-18-9(11(16)17)4-10(14)15/h1-3,9H,4-5H2,(H,14,15)(H,16,17). The number of hydrogen-bond donors (Lipinski definition) is 2. The molecule has 0 bridgehead atoms. The van der Waals surface area contributed by atoms with Crippen molar-refractivity contribution >= 4 is 46.9 Å². The molecular formula is C11H10Cl2O4S. The van der Waals surface area contributed by atoms with Gasteiger partial charge in [0, 0.05) is 15.8 Å². The molecule has 2 N–H and O–H groups in total. The number of hydrogen-bond acceptors (Lipinski definition) is 3. The number of halogens is 2. The normalized spacial score (nSPS) is 12.1. The number of thioether (sulfide) groups is 1. The Morgan fingerprint density at radius 2 is 1.94 bits per heavy atom. The second-order valence-electron chi connectivity index (χ2n) is 3.47. The van der Waals surface area contributed by atoms with Crippen LogP contribution in [-0.4, -0.2) is 27.4 Å². The fourth-order valence-corrected chi connectivity index (χ4v) is 2.80. The van der Waals surface area contributed by atoms with Crippen molar-refractivity contribution < 1.29 is 19.8 Å². The van der Waals surface area contributed by atoms with Crippen LogP contribution in [-0.2, 0) is 15.3 Å². The first kappa shape index (κ1) is 15.1. The summed E-state index contributed by atoms with van der Waals surface area (Å²) in [5.74, 6) is -1.97. The van der Waals surface area contributed by atoms with E-state index in [-0.39, 0.29) is 0 Å². The maximum absolute atomic E-state index is 10.9. The van der Waals surface area contributed by atoms with Gasteiger partial charge in [0.1, 0.15) is 5.25 Å². The van der Waals surface area contributed by atoms with Crippen molar-refractivity contribution in [2.75, 3.05) is 0 Å². The van der Waals surface area contributed by atoms with Crippen LogP contribution in [0.1, 0.15) is 12.0 Å². The van der Waals surface area contributed by atoms with Crippen LogP contribution in [0.25, 0.3) is 0 Å². The molecule has 0 fully saturated rings. The minimum absolute atomic E-state index is 0.320. The molecule has 1 aromatic carbocycles. The molecule has 1 aromatic rings. The second kappa shape index (κ2) is 6.87. The molecule has 4 nitrogen and oxygen atoms in total. The SMILES string of the molecule is O=C(O)CC(SCc1ccc(Cl)cc1Cl)C(=O)O. The summed E-state index contributed by atoms with van der Waals surface area (Å²) in [7, 11) is 0. The zero-order valence-corrected chi connectivity index (χ0v) is 11.4. The van der Waals surface area contributed by atoms with Gasteiger partial charge in [-0.1, -0.05) is 29.3 Å². The molecule has 98 valence electrons. The molecule has 1 unspecified atom stereocenters. The smallest absolute Gasteiger partial charge is 0.317 e. The van der Waals surface area contributed by atoms with Gasteiger partial charge in [-0.05, 0) is 17.7 Å². The lowest BCUT2D eigenvalue weighted by molar-refractivity contribution is -0.142. The number of rotatable bonds is 6. The van der Waals surface area contributed by atoms with E-state index in [0.29, 0.717) is 15.8 Å². The summed E-state index contributed by atoms with van der Waals surface area (Å²) in [4.78, 5) is 21.4. The molecule has 0 radical (unpaired) electrons. The molecule has 0 heterocycles. The molecule has 18 heavy (non-hydrogen) atoms. The van der Waals surface area contributed by atoms with Crippen LogP contribution in [0, 0.1) is 0 Å². The van der Waals surface area contributed by atoms with E-state index in [4.69, 9.17) is 33.4 Å². The highest BCUT2D eigenvalue weighted by Crippen LogP contribution is 2.27. The molecule has 0 aliphatic heterocycles. The van der Waals surface area contributed by atoms with Gasteiger partial charge in [0.05, 0.1) is 6.42 Å². The summed E-state index contributed by atoms with van der Waals surface area (Å²) < 4.78 is 0. The molecule has 0 aliphatic carbocycles. The maximum atomic E-state index is 10.9. The van der Waals surface area contributed by atoms with Crippen molar-refractivity contribution in [3.63, 3.8) is 0 Å². The van der Waals surface area contributed by atoms with Crippen LogP contribution in [0.15, 0.2) is 18.2 Å². The Kier molecular flexibility index (Phi) is 5.78. The molecule has 0 aliphatic rings. The molecule has 0 aromatic heterocycles. The van der Waals surface area contributed by atoms with Gasteiger partial charge in [0.15, 0.2) is 0 Å². The average molecular weight is 309 g/mol. The van der Waals surface area contributed by atoms with Crippen molar-refractivity contribution in [2.45, 2.75) is 17.4 Å². The van der Waals surface area contributed by atoms with Crippen LogP contribution in [0.2, 0.25) is 10.0 Å². The Labute approximate surface area is 118 Å². The lowest BCUT2D eigenvalue weighted by Gasteiger charge is -2.10. The zero-order chi connectivity index (χ0) is 13.7. The quantitative estimate of drug-likeness (QED) is 0.844. The molecule has 7 heteroatoms. The lowest BCUT2D eigenvalue weighted by Crippen LogP contribution is -2.20. The Balaban J connectivity index is 2.66. The zero-order valence-electron chi connectivity index (χ0n) is 9.10. The van der Waals surface area contributed by atoms with Gasteiger partial charge in [0.2, 0.25) is 0 Å². The predicted molar refractivity (Wildman–Crippen MR) is 71.4 cm³/mol. The van der Waals surface area contributed by atoms with Crippen LogP contribution < -0.4 is 0 Å². The molecule has 0 amide bonds. The molecule has 0 spiro atoms. The number of carboxylic acid groups (broad SMARTS) is 2. The molecule has 1 rings (SSSR count). The first-order valence-corrected chi connectivity index (χ1v) is 6.70. The Morgan fingerprint density at radius 1 is 1.28 bits per heavy atom. The summed E-state index contributed by atoms with van der Waals surface area (Å²) >= 11 is 12.7. The van der Waals surface area contributed by atoms with Crippen LogP contribution >= 0.6 is 35.0 Å². The van der Waals surface area contributed by atoms with Crippen molar-refractivity contribution in [1.29, 1.82) is 0 Å². The van der Waals surface area contributed by atoms with E-state index in [9.17, 15) is 9.59 Å². The third-order valence-corrected chi connectivity index (χ3v) is 3.93. The summed E-state index contributed by atoms with van der Waals surface area (Å²) in [6.45, 7) is 0.